The van der Waals surface area contributed by atoms with Crippen molar-refractivity contribution >= 4 is 29.1 Å². The van der Waals surface area contributed by atoms with Gasteiger partial charge in [-0.2, -0.15) is 0 Å². The number of rotatable bonds is 9. The van der Waals surface area contributed by atoms with Gasteiger partial charge in [0.25, 0.3) is 11.8 Å². The summed E-state index contributed by atoms with van der Waals surface area (Å²) in [5.41, 5.74) is 2.38. The number of hydrogen-bond donors (Lipinski definition) is 0. The molecule has 0 saturated heterocycles. The zero-order chi connectivity index (χ0) is 20.8. The SMILES string of the molecule is CCCOc1ccc(C2=C(SCc3ccccc3)C(=O)N(CC(C)C)C2=O)cc1. The minimum Gasteiger partial charge on any atom is -0.494 e. The maximum atomic E-state index is 13.1. The second-order valence-corrected chi connectivity index (χ2v) is 8.45. The fraction of sp³-hybridized carbons (Fsp3) is 0.333. The number of carbonyl (C=O) groups is 2. The van der Waals surface area contributed by atoms with Gasteiger partial charge in [0.2, 0.25) is 0 Å². The Morgan fingerprint density at radius 1 is 0.966 bits per heavy atom. The summed E-state index contributed by atoms with van der Waals surface area (Å²) in [4.78, 5) is 28.1. The molecule has 2 amide bonds. The lowest BCUT2D eigenvalue weighted by molar-refractivity contribution is -0.137. The van der Waals surface area contributed by atoms with Gasteiger partial charge in [-0.15, -0.1) is 11.8 Å². The summed E-state index contributed by atoms with van der Waals surface area (Å²) in [6, 6.07) is 17.4. The van der Waals surface area contributed by atoms with Gasteiger partial charge < -0.3 is 4.74 Å². The molecule has 5 heteroatoms. The fourth-order valence-electron chi connectivity index (χ4n) is 3.14. The maximum absolute atomic E-state index is 13.1. The molecular weight excluding hydrogens is 382 g/mol. The highest BCUT2D eigenvalue weighted by atomic mass is 32.2. The molecule has 0 atom stereocenters. The van der Waals surface area contributed by atoms with Crippen LogP contribution in [0.3, 0.4) is 0 Å². The third-order valence-electron chi connectivity index (χ3n) is 4.52. The molecule has 4 nitrogen and oxygen atoms in total. The first-order chi connectivity index (χ1) is 14.0. The molecule has 1 heterocycles. The van der Waals surface area contributed by atoms with E-state index >= 15 is 0 Å². The van der Waals surface area contributed by atoms with Crippen molar-refractivity contribution in [1.82, 2.24) is 4.90 Å². The van der Waals surface area contributed by atoms with Crippen molar-refractivity contribution in [1.29, 1.82) is 0 Å². The Bertz CT molecular complexity index is 888. The van der Waals surface area contributed by atoms with Gasteiger partial charge in [-0.1, -0.05) is 63.2 Å². The highest BCUT2D eigenvalue weighted by molar-refractivity contribution is 8.03. The summed E-state index contributed by atoms with van der Waals surface area (Å²) in [5, 5.41) is 0. The zero-order valence-corrected chi connectivity index (χ0v) is 18.0. The van der Waals surface area contributed by atoms with Crippen molar-refractivity contribution in [3.8, 4) is 5.75 Å². The van der Waals surface area contributed by atoms with E-state index in [1.807, 2.05) is 68.4 Å². The van der Waals surface area contributed by atoms with Crippen LogP contribution in [0.4, 0.5) is 0 Å². The fourth-order valence-corrected chi connectivity index (χ4v) is 4.23. The number of thioether (sulfide) groups is 1. The van der Waals surface area contributed by atoms with Crippen molar-refractivity contribution in [2.24, 2.45) is 5.92 Å². The number of benzene rings is 2. The largest absolute Gasteiger partial charge is 0.494 e. The van der Waals surface area contributed by atoms with Crippen LogP contribution in [0.2, 0.25) is 0 Å². The van der Waals surface area contributed by atoms with Gasteiger partial charge in [0, 0.05) is 12.3 Å². The molecule has 0 aliphatic carbocycles. The summed E-state index contributed by atoms with van der Waals surface area (Å²) in [5.74, 6) is 1.23. The van der Waals surface area contributed by atoms with Crippen molar-refractivity contribution in [2.45, 2.75) is 32.9 Å². The van der Waals surface area contributed by atoms with Crippen LogP contribution >= 0.6 is 11.8 Å². The molecule has 3 rings (SSSR count). The van der Waals surface area contributed by atoms with Crippen LogP contribution in [-0.4, -0.2) is 29.9 Å². The lowest BCUT2D eigenvalue weighted by Crippen LogP contribution is -2.34. The predicted molar refractivity (Wildman–Crippen MR) is 118 cm³/mol. The molecule has 0 saturated carbocycles. The lowest BCUT2D eigenvalue weighted by atomic mass is 10.1. The van der Waals surface area contributed by atoms with E-state index in [1.165, 1.54) is 16.7 Å². The van der Waals surface area contributed by atoms with Crippen LogP contribution in [0.1, 0.15) is 38.3 Å². The number of amides is 2. The molecule has 0 spiro atoms. The highest BCUT2D eigenvalue weighted by Gasteiger charge is 2.39. The third-order valence-corrected chi connectivity index (χ3v) is 5.66. The number of imide groups is 1. The Kier molecular flexibility index (Phi) is 7.15. The average Bonchev–Trinajstić information content (AvgIpc) is 2.95. The van der Waals surface area contributed by atoms with E-state index < -0.39 is 0 Å². The van der Waals surface area contributed by atoms with Crippen LogP contribution in [0.25, 0.3) is 5.57 Å². The Hall–Kier alpha value is -2.53. The van der Waals surface area contributed by atoms with E-state index in [0.29, 0.717) is 29.4 Å². The molecule has 152 valence electrons. The van der Waals surface area contributed by atoms with Crippen molar-refractivity contribution in [2.75, 3.05) is 13.2 Å². The molecule has 0 unspecified atom stereocenters. The molecular formula is C24H27NO3S. The van der Waals surface area contributed by atoms with Crippen LogP contribution in [0.15, 0.2) is 59.5 Å². The zero-order valence-electron chi connectivity index (χ0n) is 17.2. The minimum absolute atomic E-state index is 0.189. The summed E-state index contributed by atoms with van der Waals surface area (Å²) in [6.07, 6.45) is 0.935. The molecule has 1 aliphatic rings. The van der Waals surface area contributed by atoms with E-state index in [0.717, 1.165) is 23.3 Å². The van der Waals surface area contributed by atoms with Gasteiger partial charge in [-0.25, -0.2) is 0 Å². The first-order valence-electron chi connectivity index (χ1n) is 10.0. The number of hydrogen-bond acceptors (Lipinski definition) is 4. The van der Waals surface area contributed by atoms with E-state index in [-0.39, 0.29) is 17.7 Å². The van der Waals surface area contributed by atoms with E-state index in [2.05, 4.69) is 6.92 Å². The van der Waals surface area contributed by atoms with Crippen molar-refractivity contribution in [3.05, 3.63) is 70.6 Å². The molecule has 29 heavy (non-hydrogen) atoms. The summed E-state index contributed by atoms with van der Waals surface area (Å²) in [7, 11) is 0. The molecule has 0 N–H and O–H groups in total. The van der Waals surface area contributed by atoms with Crippen molar-refractivity contribution < 1.29 is 14.3 Å². The van der Waals surface area contributed by atoms with Gasteiger partial charge >= 0.3 is 0 Å². The molecule has 0 aromatic heterocycles. The van der Waals surface area contributed by atoms with E-state index in [9.17, 15) is 9.59 Å². The normalized spacial score (nSPS) is 14.3. The molecule has 2 aromatic carbocycles. The van der Waals surface area contributed by atoms with Gasteiger partial charge in [-0.3, -0.25) is 14.5 Å². The smallest absolute Gasteiger partial charge is 0.268 e. The summed E-state index contributed by atoms with van der Waals surface area (Å²) >= 11 is 1.44. The second-order valence-electron chi connectivity index (χ2n) is 7.47. The Morgan fingerprint density at radius 3 is 2.28 bits per heavy atom. The number of nitrogens with zero attached hydrogens (tertiary/aromatic N) is 1. The Morgan fingerprint density at radius 2 is 1.66 bits per heavy atom. The number of ether oxygens (including phenoxy) is 1. The quantitative estimate of drug-likeness (QED) is 0.538. The van der Waals surface area contributed by atoms with Crippen molar-refractivity contribution in [3.63, 3.8) is 0 Å². The minimum atomic E-state index is -0.207. The third kappa shape index (κ3) is 5.10. The first kappa shape index (κ1) is 21.2. The lowest BCUT2D eigenvalue weighted by Gasteiger charge is -2.17. The molecule has 0 bridgehead atoms. The molecule has 0 fully saturated rings. The van der Waals surface area contributed by atoms with E-state index in [1.54, 1.807) is 0 Å². The summed E-state index contributed by atoms with van der Waals surface area (Å²) < 4.78 is 5.64. The maximum Gasteiger partial charge on any atom is 0.268 e. The Balaban J connectivity index is 1.90. The molecule has 0 radical (unpaired) electrons. The summed E-state index contributed by atoms with van der Waals surface area (Å²) in [6.45, 7) is 7.15. The van der Waals surface area contributed by atoms with Crippen LogP contribution in [0.5, 0.6) is 5.75 Å². The monoisotopic (exact) mass is 409 g/mol. The van der Waals surface area contributed by atoms with Gasteiger partial charge in [0.05, 0.1) is 17.1 Å². The number of carbonyl (C=O) groups excluding carboxylic acids is 2. The average molecular weight is 410 g/mol. The first-order valence-corrected chi connectivity index (χ1v) is 11.0. The standard InChI is InChI=1S/C24H27NO3S/c1-4-14-28-20-12-10-19(11-13-20)21-22(29-16-18-8-6-5-7-9-18)24(27)25(23(21)26)15-17(2)3/h5-13,17H,4,14-16H2,1-3H3. The predicted octanol–water partition coefficient (Wildman–Crippen LogP) is 5.14. The van der Waals surface area contributed by atoms with Gasteiger partial charge in [0.1, 0.15) is 5.75 Å². The van der Waals surface area contributed by atoms with Crippen LogP contribution in [0, 0.1) is 5.92 Å². The topological polar surface area (TPSA) is 46.6 Å². The molecule has 1 aliphatic heterocycles. The van der Waals surface area contributed by atoms with Gasteiger partial charge in [0.15, 0.2) is 0 Å². The molecule has 2 aromatic rings. The second kappa shape index (κ2) is 9.79. The van der Waals surface area contributed by atoms with Gasteiger partial charge in [-0.05, 0) is 35.6 Å². The van der Waals surface area contributed by atoms with Crippen LogP contribution < -0.4 is 4.74 Å². The highest BCUT2D eigenvalue weighted by Crippen LogP contribution is 2.38. The van der Waals surface area contributed by atoms with Crippen LogP contribution in [-0.2, 0) is 15.3 Å². The Labute approximate surface area is 176 Å². The van der Waals surface area contributed by atoms with E-state index in [4.69, 9.17) is 4.74 Å².